The van der Waals surface area contributed by atoms with E-state index < -0.39 is 10.0 Å². The lowest BCUT2D eigenvalue weighted by Crippen LogP contribution is -2.13. The van der Waals surface area contributed by atoms with Crippen LogP contribution in [0.2, 0.25) is 0 Å². The van der Waals surface area contributed by atoms with Crippen molar-refractivity contribution in [2.75, 3.05) is 4.72 Å². The molecule has 0 aliphatic rings. The Morgan fingerprint density at radius 3 is 2.60 bits per heavy atom. The second-order valence-corrected chi connectivity index (χ2v) is 6.25. The number of nitrogens with one attached hydrogen (secondary N) is 2. The third-order valence-corrected chi connectivity index (χ3v) is 4.50. The molecular formula is C12H19N5O2S. The van der Waals surface area contributed by atoms with Gasteiger partial charge in [-0.1, -0.05) is 0 Å². The molecule has 0 unspecified atom stereocenters. The minimum absolute atomic E-state index is 0.208. The molecule has 0 aromatic carbocycles. The van der Waals surface area contributed by atoms with Gasteiger partial charge in [-0.3, -0.25) is 9.82 Å². The summed E-state index contributed by atoms with van der Waals surface area (Å²) in [6, 6.07) is 1.59. The molecule has 2 aromatic rings. The van der Waals surface area contributed by atoms with Gasteiger partial charge in [-0.15, -0.1) is 0 Å². The van der Waals surface area contributed by atoms with Crippen molar-refractivity contribution in [2.45, 2.75) is 38.8 Å². The van der Waals surface area contributed by atoms with E-state index in [2.05, 4.69) is 14.9 Å². The van der Waals surface area contributed by atoms with Crippen LogP contribution in [0, 0.1) is 13.8 Å². The lowest BCUT2D eigenvalue weighted by Gasteiger charge is -2.06. The maximum atomic E-state index is 12.4. The van der Waals surface area contributed by atoms with E-state index in [1.807, 2.05) is 11.5 Å². The number of H-pyrrole nitrogens is 1. The molecule has 0 atom stereocenters. The van der Waals surface area contributed by atoms with E-state index in [0.717, 1.165) is 5.69 Å². The first-order chi connectivity index (χ1) is 9.39. The van der Waals surface area contributed by atoms with E-state index in [0.29, 0.717) is 30.2 Å². The van der Waals surface area contributed by atoms with Crippen LogP contribution < -0.4 is 10.5 Å². The lowest BCUT2D eigenvalue weighted by molar-refractivity contribution is 0.600. The van der Waals surface area contributed by atoms with Crippen LogP contribution in [0.5, 0.6) is 0 Å². The second-order valence-electron chi connectivity index (χ2n) is 4.57. The summed E-state index contributed by atoms with van der Waals surface area (Å²) in [5.74, 6) is 0. The fourth-order valence-electron chi connectivity index (χ4n) is 2.03. The van der Waals surface area contributed by atoms with Crippen LogP contribution in [-0.2, 0) is 23.1 Å². The van der Waals surface area contributed by atoms with Crippen molar-refractivity contribution in [1.82, 2.24) is 14.8 Å². The molecule has 2 rings (SSSR count). The van der Waals surface area contributed by atoms with E-state index in [4.69, 9.17) is 5.73 Å². The Hall–Kier alpha value is -1.80. The highest BCUT2D eigenvalue weighted by Gasteiger charge is 2.20. The summed E-state index contributed by atoms with van der Waals surface area (Å²) in [4.78, 5) is 0.208. The first kappa shape index (κ1) is 14.6. The number of sulfonamides is 1. The molecule has 0 spiro atoms. The van der Waals surface area contributed by atoms with Crippen LogP contribution in [0.15, 0.2) is 17.2 Å². The largest absolute Gasteiger partial charge is 0.349 e. The van der Waals surface area contributed by atoms with Gasteiger partial charge in [0.05, 0.1) is 17.1 Å². The van der Waals surface area contributed by atoms with E-state index >= 15 is 0 Å². The summed E-state index contributed by atoms with van der Waals surface area (Å²) >= 11 is 0. The summed E-state index contributed by atoms with van der Waals surface area (Å²) in [5, 5.41) is 6.72. The molecule has 0 fully saturated rings. The van der Waals surface area contributed by atoms with Gasteiger partial charge in [0.1, 0.15) is 4.90 Å². The first-order valence-electron chi connectivity index (χ1n) is 6.32. The predicted octanol–water partition coefficient (Wildman–Crippen LogP) is 1.11. The number of nitrogens with zero attached hydrogens (tertiary/aromatic N) is 2. The third-order valence-electron chi connectivity index (χ3n) is 3.19. The molecule has 0 radical (unpaired) electrons. The van der Waals surface area contributed by atoms with Crippen LogP contribution >= 0.6 is 0 Å². The molecule has 2 aromatic heterocycles. The molecule has 110 valence electrons. The Morgan fingerprint density at radius 1 is 1.45 bits per heavy atom. The summed E-state index contributed by atoms with van der Waals surface area (Å²) < 4.78 is 29.2. The number of nitrogens with two attached hydrogens (primary N) is 1. The van der Waals surface area contributed by atoms with Gasteiger partial charge in [0.25, 0.3) is 10.0 Å². The summed E-state index contributed by atoms with van der Waals surface area (Å²) in [6.45, 7) is 6.41. The zero-order chi connectivity index (χ0) is 14.9. The van der Waals surface area contributed by atoms with Crippen LogP contribution in [0.3, 0.4) is 0 Å². The molecular weight excluding hydrogens is 278 g/mol. The number of hydrogen-bond donors (Lipinski definition) is 3. The standard InChI is InChI=1S/C12H19N5O2S/c1-4-17-7-11(5-10(17)6-13)20(18,19)16-12-8(2)14-15-9(12)3/h5,7,16H,4,6,13H2,1-3H3,(H,14,15). The van der Waals surface area contributed by atoms with E-state index in [9.17, 15) is 8.42 Å². The van der Waals surface area contributed by atoms with Crippen LogP contribution in [0.4, 0.5) is 5.69 Å². The topological polar surface area (TPSA) is 106 Å². The normalized spacial score (nSPS) is 11.8. The number of aromatic nitrogens is 3. The average Bonchev–Trinajstić information content (AvgIpc) is 2.97. The van der Waals surface area contributed by atoms with Crippen molar-refractivity contribution in [2.24, 2.45) is 5.73 Å². The average molecular weight is 297 g/mol. The first-order valence-corrected chi connectivity index (χ1v) is 7.80. The van der Waals surface area contributed by atoms with Gasteiger partial charge in [-0.05, 0) is 26.8 Å². The van der Waals surface area contributed by atoms with Crippen molar-refractivity contribution >= 4 is 15.7 Å². The molecule has 0 amide bonds. The van der Waals surface area contributed by atoms with Gasteiger partial charge in [0, 0.05) is 25.0 Å². The molecule has 0 aliphatic carbocycles. The number of rotatable bonds is 5. The SMILES string of the molecule is CCn1cc(S(=O)(=O)Nc2c(C)n[nH]c2C)cc1CN. The molecule has 7 nitrogen and oxygen atoms in total. The molecule has 0 saturated heterocycles. The van der Waals surface area contributed by atoms with Gasteiger partial charge >= 0.3 is 0 Å². The Morgan fingerprint density at radius 2 is 2.15 bits per heavy atom. The molecule has 0 bridgehead atoms. The number of hydrogen-bond acceptors (Lipinski definition) is 4. The highest BCUT2D eigenvalue weighted by molar-refractivity contribution is 7.92. The Bertz CT molecular complexity index is 673. The Balaban J connectivity index is 2.38. The zero-order valence-electron chi connectivity index (χ0n) is 11.8. The van der Waals surface area contributed by atoms with Crippen molar-refractivity contribution in [1.29, 1.82) is 0 Å². The lowest BCUT2D eigenvalue weighted by atomic mass is 10.3. The number of anilines is 1. The van der Waals surface area contributed by atoms with Crippen molar-refractivity contribution in [3.8, 4) is 0 Å². The minimum atomic E-state index is -3.64. The Kier molecular flexibility index (Phi) is 3.87. The zero-order valence-corrected chi connectivity index (χ0v) is 12.6. The van der Waals surface area contributed by atoms with E-state index in [1.165, 1.54) is 0 Å². The van der Waals surface area contributed by atoms with Crippen molar-refractivity contribution in [3.63, 3.8) is 0 Å². The van der Waals surface area contributed by atoms with Crippen LogP contribution in [0.1, 0.15) is 24.0 Å². The number of aryl methyl sites for hydroxylation is 3. The van der Waals surface area contributed by atoms with Crippen LogP contribution in [0.25, 0.3) is 0 Å². The predicted molar refractivity (Wildman–Crippen MR) is 76.9 cm³/mol. The molecule has 0 saturated carbocycles. The van der Waals surface area contributed by atoms with Gasteiger partial charge in [0.15, 0.2) is 0 Å². The fraction of sp³-hybridized carbons (Fsp3) is 0.417. The van der Waals surface area contributed by atoms with Crippen molar-refractivity contribution in [3.05, 3.63) is 29.3 Å². The molecule has 8 heteroatoms. The van der Waals surface area contributed by atoms with Gasteiger partial charge in [-0.2, -0.15) is 5.10 Å². The monoisotopic (exact) mass is 297 g/mol. The smallest absolute Gasteiger partial charge is 0.263 e. The van der Waals surface area contributed by atoms with Gasteiger partial charge in [-0.25, -0.2) is 8.42 Å². The van der Waals surface area contributed by atoms with Crippen LogP contribution in [-0.4, -0.2) is 23.2 Å². The fourth-order valence-corrected chi connectivity index (χ4v) is 3.28. The van der Waals surface area contributed by atoms with E-state index in [1.54, 1.807) is 26.1 Å². The summed E-state index contributed by atoms with van der Waals surface area (Å²) in [7, 11) is -3.64. The summed E-state index contributed by atoms with van der Waals surface area (Å²) in [5.41, 5.74) is 8.18. The molecule has 4 N–H and O–H groups in total. The number of aromatic amines is 1. The van der Waals surface area contributed by atoms with Gasteiger partial charge in [0.2, 0.25) is 0 Å². The highest BCUT2D eigenvalue weighted by atomic mass is 32.2. The Labute approximate surface area is 118 Å². The third kappa shape index (κ3) is 2.56. The second kappa shape index (κ2) is 5.29. The summed E-state index contributed by atoms with van der Waals surface area (Å²) in [6.07, 6.45) is 1.59. The minimum Gasteiger partial charge on any atom is -0.349 e. The maximum Gasteiger partial charge on any atom is 0.263 e. The molecule has 20 heavy (non-hydrogen) atoms. The molecule has 2 heterocycles. The maximum absolute atomic E-state index is 12.4. The van der Waals surface area contributed by atoms with Gasteiger partial charge < -0.3 is 10.3 Å². The quantitative estimate of drug-likeness (QED) is 0.768. The molecule has 0 aliphatic heterocycles. The van der Waals surface area contributed by atoms with E-state index in [-0.39, 0.29) is 4.90 Å². The van der Waals surface area contributed by atoms with Crippen molar-refractivity contribution < 1.29 is 8.42 Å². The highest BCUT2D eigenvalue weighted by Crippen LogP contribution is 2.22.